The van der Waals surface area contributed by atoms with Crippen LogP contribution >= 0.6 is 0 Å². The Morgan fingerprint density at radius 2 is 1.91 bits per heavy atom. The third kappa shape index (κ3) is 5.46. The molecule has 1 N–H and O–H groups in total. The number of nitrogens with one attached hydrogen (secondary N) is 1. The van der Waals surface area contributed by atoms with Gasteiger partial charge in [-0.25, -0.2) is 4.98 Å². The smallest absolute Gasteiger partial charge is 0.251 e. The lowest BCUT2D eigenvalue weighted by Crippen LogP contribution is -2.25. The molecule has 4 rings (SSSR count). The van der Waals surface area contributed by atoms with Crippen molar-refractivity contribution in [2.45, 2.75) is 25.9 Å². The van der Waals surface area contributed by atoms with Crippen LogP contribution in [0.15, 0.2) is 85.5 Å². The molecule has 1 heterocycles. The number of imidazole rings is 1. The quantitative estimate of drug-likeness (QED) is 0.250. The van der Waals surface area contributed by atoms with Crippen LogP contribution in [0.25, 0.3) is 11.0 Å². The standard InChI is InChI=1S/C28H29N3O3/c1-3-10-21-11-4-7-16-26(21)34-18-9-17-31-25-15-6-5-14-24(25)30-27(31)20-29-28(32)22-12-8-13-23(19-22)33-2/h3-8,11-16,19H,1,9-10,17-18,20H2,2H3,(H,29,32). The molecule has 0 aliphatic carbocycles. The number of allylic oxidation sites excluding steroid dienone is 1. The molecule has 3 aromatic carbocycles. The molecule has 0 atom stereocenters. The summed E-state index contributed by atoms with van der Waals surface area (Å²) in [5, 5.41) is 2.99. The molecule has 0 saturated heterocycles. The highest BCUT2D eigenvalue weighted by Crippen LogP contribution is 2.20. The molecule has 0 spiro atoms. The van der Waals surface area contributed by atoms with Crippen molar-refractivity contribution in [2.24, 2.45) is 0 Å². The predicted molar refractivity (Wildman–Crippen MR) is 134 cm³/mol. The second-order valence-electron chi connectivity index (χ2n) is 7.89. The lowest BCUT2D eigenvalue weighted by Gasteiger charge is -2.13. The maximum Gasteiger partial charge on any atom is 0.251 e. The first kappa shape index (κ1) is 23.1. The van der Waals surface area contributed by atoms with Crippen molar-refractivity contribution in [3.8, 4) is 11.5 Å². The number of aromatic nitrogens is 2. The fourth-order valence-electron chi connectivity index (χ4n) is 3.91. The molecular weight excluding hydrogens is 426 g/mol. The van der Waals surface area contributed by atoms with Crippen molar-refractivity contribution < 1.29 is 14.3 Å². The summed E-state index contributed by atoms with van der Waals surface area (Å²) in [5.74, 6) is 2.18. The molecular formula is C28H29N3O3. The second kappa shape index (κ2) is 11.2. The lowest BCUT2D eigenvalue weighted by molar-refractivity contribution is 0.0949. The van der Waals surface area contributed by atoms with Crippen molar-refractivity contribution in [3.63, 3.8) is 0 Å². The number of fused-ring (bicyclic) bond motifs is 1. The molecule has 174 valence electrons. The monoisotopic (exact) mass is 455 g/mol. The molecule has 4 aromatic rings. The van der Waals surface area contributed by atoms with Crippen LogP contribution in [0, 0.1) is 0 Å². The molecule has 0 saturated carbocycles. The molecule has 0 aliphatic heterocycles. The molecule has 0 unspecified atom stereocenters. The zero-order valence-electron chi connectivity index (χ0n) is 19.4. The molecule has 0 aliphatic rings. The van der Waals surface area contributed by atoms with Crippen LogP contribution in [0.3, 0.4) is 0 Å². The SMILES string of the molecule is C=CCc1ccccc1OCCCn1c(CNC(=O)c2cccc(OC)c2)nc2ccccc21. The fourth-order valence-corrected chi connectivity index (χ4v) is 3.91. The maximum absolute atomic E-state index is 12.7. The number of hydrogen-bond donors (Lipinski definition) is 1. The molecule has 6 nitrogen and oxygen atoms in total. The van der Waals surface area contributed by atoms with Gasteiger partial charge in [0, 0.05) is 12.1 Å². The summed E-state index contributed by atoms with van der Waals surface area (Å²) in [6, 6.07) is 23.2. The number of carbonyl (C=O) groups is 1. The van der Waals surface area contributed by atoms with Gasteiger partial charge in [-0.3, -0.25) is 4.79 Å². The van der Waals surface area contributed by atoms with E-state index in [4.69, 9.17) is 14.5 Å². The summed E-state index contributed by atoms with van der Waals surface area (Å²) in [6.45, 7) is 5.46. The molecule has 1 aromatic heterocycles. The summed E-state index contributed by atoms with van der Waals surface area (Å²) in [5.41, 5.74) is 3.63. The van der Waals surface area contributed by atoms with E-state index in [9.17, 15) is 4.79 Å². The Morgan fingerprint density at radius 1 is 1.09 bits per heavy atom. The van der Waals surface area contributed by atoms with Gasteiger partial charge in [0.1, 0.15) is 17.3 Å². The van der Waals surface area contributed by atoms with Crippen molar-refractivity contribution >= 4 is 16.9 Å². The zero-order valence-corrected chi connectivity index (χ0v) is 19.4. The Morgan fingerprint density at radius 3 is 2.76 bits per heavy atom. The number of carbonyl (C=O) groups excluding carboxylic acids is 1. The largest absolute Gasteiger partial charge is 0.497 e. The van der Waals surface area contributed by atoms with Crippen LogP contribution in [0.4, 0.5) is 0 Å². The minimum atomic E-state index is -0.167. The van der Waals surface area contributed by atoms with Crippen LogP contribution in [0.2, 0.25) is 0 Å². The fraction of sp³-hybridized carbons (Fsp3) is 0.214. The van der Waals surface area contributed by atoms with Crippen molar-refractivity contribution in [1.82, 2.24) is 14.9 Å². The molecule has 0 bridgehead atoms. The minimum Gasteiger partial charge on any atom is -0.497 e. The van der Waals surface area contributed by atoms with E-state index >= 15 is 0 Å². The molecule has 0 radical (unpaired) electrons. The lowest BCUT2D eigenvalue weighted by atomic mass is 10.1. The minimum absolute atomic E-state index is 0.167. The number of nitrogens with zero attached hydrogens (tertiary/aromatic N) is 2. The van der Waals surface area contributed by atoms with Crippen LogP contribution in [-0.4, -0.2) is 29.2 Å². The Balaban J connectivity index is 1.43. The van der Waals surface area contributed by atoms with Crippen molar-refractivity contribution in [1.29, 1.82) is 0 Å². The number of hydrogen-bond acceptors (Lipinski definition) is 4. The van der Waals surface area contributed by atoms with Gasteiger partial charge < -0.3 is 19.4 Å². The Hall–Kier alpha value is -4.06. The van der Waals surface area contributed by atoms with Gasteiger partial charge in [0.2, 0.25) is 0 Å². The molecule has 34 heavy (non-hydrogen) atoms. The first-order valence-corrected chi connectivity index (χ1v) is 11.4. The van der Waals surface area contributed by atoms with Gasteiger partial charge in [-0.1, -0.05) is 42.5 Å². The topological polar surface area (TPSA) is 65.4 Å². The average molecular weight is 456 g/mol. The van der Waals surface area contributed by atoms with E-state index in [0.29, 0.717) is 24.5 Å². The summed E-state index contributed by atoms with van der Waals surface area (Å²) < 4.78 is 13.4. The number of rotatable bonds is 11. The van der Waals surface area contributed by atoms with Gasteiger partial charge in [0.15, 0.2) is 0 Å². The normalized spacial score (nSPS) is 10.7. The highest BCUT2D eigenvalue weighted by molar-refractivity contribution is 5.94. The third-order valence-corrected chi connectivity index (χ3v) is 5.59. The van der Waals surface area contributed by atoms with Gasteiger partial charge in [-0.15, -0.1) is 6.58 Å². The summed E-state index contributed by atoms with van der Waals surface area (Å²) in [7, 11) is 1.58. The number of methoxy groups -OCH3 is 1. The van der Waals surface area contributed by atoms with Gasteiger partial charge >= 0.3 is 0 Å². The first-order valence-electron chi connectivity index (χ1n) is 11.4. The number of para-hydroxylation sites is 3. The predicted octanol–water partition coefficient (Wildman–Crippen LogP) is 5.17. The van der Waals surface area contributed by atoms with E-state index in [1.807, 2.05) is 48.5 Å². The van der Waals surface area contributed by atoms with E-state index in [1.165, 1.54) is 0 Å². The molecule has 0 fully saturated rings. The van der Waals surface area contributed by atoms with E-state index in [2.05, 4.69) is 28.6 Å². The second-order valence-corrected chi connectivity index (χ2v) is 7.89. The summed E-state index contributed by atoms with van der Waals surface area (Å²) in [4.78, 5) is 17.4. The number of benzene rings is 3. The van der Waals surface area contributed by atoms with Crippen LogP contribution in [0.5, 0.6) is 11.5 Å². The first-order chi connectivity index (χ1) is 16.7. The van der Waals surface area contributed by atoms with E-state index < -0.39 is 0 Å². The highest BCUT2D eigenvalue weighted by atomic mass is 16.5. The average Bonchev–Trinajstić information content (AvgIpc) is 3.23. The number of amides is 1. The summed E-state index contributed by atoms with van der Waals surface area (Å²) >= 11 is 0. The number of ether oxygens (including phenoxy) is 2. The van der Waals surface area contributed by atoms with E-state index in [-0.39, 0.29) is 5.91 Å². The Labute approximate surface area is 199 Å². The van der Waals surface area contributed by atoms with Gasteiger partial charge in [0.25, 0.3) is 5.91 Å². The molecule has 1 amide bonds. The number of aryl methyl sites for hydroxylation is 1. The molecule has 6 heteroatoms. The Kier molecular flexibility index (Phi) is 7.60. The highest BCUT2D eigenvalue weighted by Gasteiger charge is 2.13. The maximum atomic E-state index is 12.7. The van der Waals surface area contributed by atoms with Gasteiger partial charge in [-0.05, 0) is 54.8 Å². The van der Waals surface area contributed by atoms with Gasteiger partial charge in [-0.2, -0.15) is 0 Å². The van der Waals surface area contributed by atoms with E-state index in [0.717, 1.165) is 47.6 Å². The van der Waals surface area contributed by atoms with Crippen LogP contribution < -0.4 is 14.8 Å². The summed E-state index contributed by atoms with van der Waals surface area (Å²) in [6.07, 6.45) is 3.46. The van der Waals surface area contributed by atoms with Crippen molar-refractivity contribution in [3.05, 3.63) is 102 Å². The van der Waals surface area contributed by atoms with Gasteiger partial charge in [0.05, 0.1) is 31.3 Å². The van der Waals surface area contributed by atoms with E-state index in [1.54, 1.807) is 25.3 Å². The zero-order chi connectivity index (χ0) is 23.8. The Bertz CT molecular complexity index is 1280. The van der Waals surface area contributed by atoms with Crippen molar-refractivity contribution in [2.75, 3.05) is 13.7 Å². The third-order valence-electron chi connectivity index (χ3n) is 5.59. The van der Waals surface area contributed by atoms with Crippen LogP contribution in [0.1, 0.15) is 28.2 Å². The van der Waals surface area contributed by atoms with Crippen LogP contribution in [-0.2, 0) is 19.5 Å².